The average Bonchev–Trinajstić information content (AvgIpc) is 3.36. The Morgan fingerprint density at radius 2 is 0.610 bits per heavy atom. The maximum absolute atomic E-state index is 7.03. The van der Waals surface area contributed by atoms with Crippen molar-refractivity contribution in [2.24, 2.45) is 0 Å². The summed E-state index contributed by atoms with van der Waals surface area (Å²) in [6.45, 7) is 0. The Balaban J connectivity index is 1.03. The van der Waals surface area contributed by atoms with Crippen molar-refractivity contribution in [3.63, 3.8) is 0 Å². The van der Waals surface area contributed by atoms with Crippen molar-refractivity contribution in [1.82, 2.24) is 4.57 Å². The van der Waals surface area contributed by atoms with Crippen molar-refractivity contribution in [3.8, 4) is 61.3 Å². The van der Waals surface area contributed by atoms with Crippen LogP contribution in [0.5, 0.6) is 0 Å². The van der Waals surface area contributed by atoms with Gasteiger partial charge in [0.1, 0.15) is 5.58 Å². The summed E-state index contributed by atoms with van der Waals surface area (Å²) >= 11 is 0. The van der Waals surface area contributed by atoms with E-state index in [9.17, 15) is 0 Å². The van der Waals surface area contributed by atoms with Crippen molar-refractivity contribution >= 4 is 77.9 Å². The van der Waals surface area contributed by atoms with Gasteiger partial charge in [0.05, 0.1) is 11.0 Å². The third-order valence-electron chi connectivity index (χ3n) is 16.0. The number of fused-ring (bicyclic) bond motifs is 7. The predicted molar refractivity (Wildman–Crippen MR) is 345 cm³/mol. The van der Waals surface area contributed by atoms with Crippen LogP contribution in [0, 0.1) is 0 Å². The van der Waals surface area contributed by atoms with Gasteiger partial charge in [0.25, 0.3) is 0 Å². The second-order valence-corrected chi connectivity index (χ2v) is 20.9. The van der Waals surface area contributed by atoms with E-state index in [1.54, 1.807) is 0 Å². The Morgan fingerprint density at radius 1 is 0.256 bits per heavy atom. The van der Waals surface area contributed by atoms with Gasteiger partial charge in [-0.25, -0.2) is 0 Å². The van der Waals surface area contributed by atoms with Gasteiger partial charge < -0.3 is 18.8 Å². The molecule has 0 fully saturated rings. The van der Waals surface area contributed by atoms with Gasteiger partial charge in [-0.1, -0.05) is 224 Å². The molecule has 15 rings (SSSR count). The Hall–Kier alpha value is -10.9. The highest BCUT2D eigenvalue weighted by Gasteiger charge is 2.26. The summed E-state index contributed by atoms with van der Waals surface area (Å²) in [5.41, 5.74) is 22.5. The Morgan fingerprint density at radius 3 is 1.04 bits per heavy atom. The van der Waals surface area contributed by atoms with E-state index < -0.39 is 0 Å². The number of para-hydroxylation sites is 3. The van der Waals surface area contributed by atoms with Crippen LogP contribution in [-0.4, -0.2) is 4.57 Å². The molecule has 0 saturated carbocycles. The summed E-state index contributed by atoms with van der Waals surface area (Å²) in [6.07, 6.45) is 0. The number of rotatable bonds is 12. The van der Waals surface area contributed by atoms with Crippen LogP contribution in [-0.2, 0) is 0 Å². The minimum atomic E-state index is 0.850. The molecular formula is C78H53N3O. The molecule has 0 aliphatic carbocycles. The van der Waals surface area contributed by atoms with Crippen molar-refractivity contribution in [1.29, 1.82) is 0 Å². The fourth-order valence-corrected chi connectivity index (χ4v) is 12.0. The van der Waals surface area contributed by atoms with Crippen molar-refractivity contribution in [2.75, 3.05) is 9.80 Å². The zero-order chi connectivity index (χ0) is 54.3. The van der Waals surface area contributed by atoms with Crippen LogP contribution in [0.2, 0.25) is 0 Å². The molecule has 0 radical (unpaired) electrons. The lowest BCUT2D eigenvalue weighted by Gasteiger charge is -2.31. The Kier molecular flexibility index (Phi) is 12.2. The summed E-state index contributed by atoms with van der Waals surface area (Å²) in [5.74, 6) is 0. The van der Waals surface area contributed by atoms with E-state index in [-0.39, 0.29) is 0 Å². The lowest BCUT2D eigenvalue weighted by atomic mass is 9.95. The monoisotopic (exact) mass is 1050 g/mol. The molecule has 82 heavy (non-hydrogen) atoms. The van der Waals surface area contributed by atoms with E-state index in [2.05, 4.69) is 336 Å². The van der Waals surface area contributed by atoms with E-state index in [4.69, 9.17) is 4.42 Å². The highest BCUT2D eigenvalue weighted by molar-refractivity contribution is 6.26. The van der Waals surface area contributed by atoms with Crippen LogP contribution in [0.1, 0.15) is 0 Å². The number of hydrogen-bond acceptors (Lipinski definition) is 3. The topological polar surface area (TPSA) is 24.6 Å². The Labute approximate surface area is 476 Å². The van der Waals surface area contributed by atoms with Crippen molar-refractivity contribution in [2.45, 2.75) is 0 Å². The molecule has 0 saturated heterocycles. The minimum absolute atomic E-state index is 0.850. The van der Waals surface area contributed by atoms with E-state index in [1.807, 2.05) is 0 Å². The fourth-order valence-electron chi connectivity index (χ4n) is 12.0. The third-order valence-corrected chi connectivity index (χ3v) is 16.0. The van der Waals surface area contributed by atoms with Crippen LogP contribution in [0.15, 0.2) is 326 Å². The van der Waals surface area contributed by atoms with Crippen LogP contribution in [0.4, 0.5) is 34.1 Å². The smallest absolute Gasteiger partial charge is 0.160 e. The predicted octanol–water partition coefficient (Wildman–Crippen LogP) is 22.0. The third kappa shape index (κ3) is 8.76. The summed E-state index contributed by atoms with van der Waals surface area (Å²) < 4.78 is 9.43. The first-order valence-corrected chi connectivity index (χ1v) is 28.0. The number of aromatic nitrogens is 1. The molecule has 2 aromatic heterocycles. The molecule has 386 valence electrons. The maximum atomic E-state index is 7.03. The van der Waals surface area contributed by atoms with Gasteiger partial charge in [-0.3, -0.25) is 0 Å². The quantitative estimate of drug-likeness (QED) is 0.122. The van der Waals surface area contributed by atoms with Crippen LogP contribution in [0.25, 0.3) is 105 Å². The van der Waals surface area contributed by atoms with Gasteiger partial charge >= 0.3 is 0 Å². The minimum Gasteiger partial charge on any atom is -0.454 e. The second-order valence-electron chi connectivity index (χ2n) is 20.9. The van der Waals surface area contributed by atoms with E-state index in [0.29, 0.717) is 0 Å². The fraction of sp³-hybridized carbons (Fsp3) is 0. The van der Waals surface area contributed by atoms with E-state index in [0.717, 1.165) is 117 Å². The normalized spacial score (nSPS) is 11.4. The molecule has 0 aliphatic rings. The molecule has 0 N–H and O–H groups in total. The zero-order valence-electron chi connectivity index (χ0n) is 44.8. The zero-order valence-corrected chi connectivity index (χ0v) is 44.8. The van der Waals surface area contributed by atoms with Gasteiger partial charge in [-0.05, 0) is 153 Å². The van der Waals surface area contributed by atoms with Crippen LogP contribution in [0.3, 0.4) is 0 Å². The summed E-state index contributed by atoms with van der Waals surface area (Å²) in [4.78, 5) is 4.84. The summed E-state index contributed by atoms with van der Waals surface area (Å²) in [6, 6.07) is 116. The van der Waals surface area contributed by atoms with Gasteiger partial charge in [0, 0.05) is 61.4 Å². The number of benzene rings is 13. The Bertz CT molecular complexity index is 4370. The largest absolute Gasteiger partial charge is 0.454 e. The van der Waals surface area contributed by atoms with Gasteiger partial charge in [-0.15, -0.1) is 0 Å². The standard InChI is InChI=1S/C78H53N3O/c1-6-20-54(21-7-1)58-34-42-64(43-35-58)79(65-44-36-59(37-45-65)55-22-8-2-9-23-55)68-50-62(72-53-73-70-30-17-19-33-75(70)82-78(73)77-76(72)71-31-16-18-32-74(71)81(77)63-28-14-5-15-29-63)51-69(52-68)80(66-46-38-60(39-47-66)56-24-10-3-11-25-56)67-48-40-61(41-49-67)57-26-12-4-13-27-57/h1-53H. The molecule has 0 unspecified atom stereocenters. The summed E-state index contributed by atoms with van der Waals surface area (Å²) in [5, 5.41) is 4.38. The highest BCUT2D eigenvalue weighted by Crippen LogP contribution is 2.49. The molecule has 4 heteroatoms. The van der Waals surface area contributed by atoms with Crippen LogP contribution < -0.4 is 9.80 Å². The molecule has 4 nitrogen and oxygen atoms in total. The van der Waals surface area contributed by atoms with E-state index in [1.165, 1.54) is 22.3 Å². The number of nitrogens with zero attached hydrogens (tertiary/aromatic N) is 3. The summed E-state index contributed by atoms with van der Waals surface area (Å²) in [7, 11) is 0. The average molecular weight is 1050 g/mol. The first-order valence-electron chi connectivity index (χ1n) is 28.0. The highest BCUT2D eigenvalue weighted by atomic mass is 16.3. The SMILES string of the molecule is c1ccc(-c2ccc(N(c3ccc(-c4ccccc4)cc3)c3cc(-c4cc5c6ccccc6oc5c5c4c4ccccc4n5-c4ccccc4)cc(N(c4ccc(-c5ccccc5)cc4)c4ccc(-c5ccccc5)cc4)c3)cc2)cc1. The molecule has 0 spiro atoms. The molecule has 15 aromatic rings. The molecule has 2 heterocycles. The number of furan rings is 1. The second kappa shape index (κ2) is 20.7. The molecule has 13 aromatic carbocycles. The number of hydrogen-bond donors (Lipinski definition) is 0. The maximum Gasteiger partial charge on any atom is 0.160 e. The lowest BCUT2D eigenvalue weighted by Crippen LogP contribution is -2.14. The van der Waals surface area contributed by atoms with E-state index >= 15 is 0 Å². The first-order chi connectivity index (χ1) is 40.7. The lowest BCUT2D eigenvalue weighted by molar-refractivity contribution is 0.671. The van der Waals surface area contributed by atoms with Gasteiger partial charge in [0.2, 0.25) is 0 Å². The van der Waals surface area contributed by atoms with Gasteiger partial charge in [-0.2, -0.15) is 0 Å². The number of anilines is 6. The van der Waals surface area contributed by atoms with Crippen molar-refractivity contribution < 1.29 is 4.42 Å². The molecule has 0 aliphatic heterocycles. The van der Waals surface area contributed by atoms with Crippen LogP contribution >= 0.6 is 0 Å². The molecular weight excluding hydrogens is 995 g/mol. The van der Waals surface area contributed by atoms with Crippen molar-refractivity contribution in [3.05, 3.63) is 322 Å². The molecule has 0 amide bonds. The molecule has 0 atom stereocenters. The van der Waals surface area contributed by atoms with Gasteiger partial charge in [0.15, 0.2) is 5.58 Å². The molecule has 0 bridgehead atoms. The first kappa shape index (κ1) is 48.2.